The number of aromatic amines is 1. The molecule has 2 aromatic heterocycles. The molecule has 0 bridgehead atoms. The molecule has 6 nitrogen and oxygen atoms in total. The van der Waals surface area contributed by atoms with Gasteiger partial charge in [0.05, 0.1) is 34.4 Å². The van der Waals surface area contributed by atoms with Gasteiger partial charge in [-0.25, -0.2) is 4.79 Å². The zero-order valence-electron chi connectivity index (χ0n) is 18.5. The molecular formula is C27H20ClN3O3. The Balaban J connectivity index is 1.44. The number of hydrogen-bond acceptors (Lipinski definition) is 5. The Kier molecular flexibility index (Phi) is 5.74. The quantitative estimate of drug-likeness (QED) is 0.285. The van der Waals surface area contributed by atoms with E-state index in [2.05, 4.69) is 15.0 Å². The summed E-state index contributed by atoms with van der Waals surface area (Å²) >= 11 is 6.60. The molecule has 168 valence electrons. The highest BCUT2D eigenvalue weighted by Crippen LogP contribution is 2.34. The molecule has 0 amide bonds. The molecule has 0 fully saturated rings. The van der Waals surface area contributed by atoms with Gasteiger partial charge in [-0.05, 0) is 54.4 Å². The number of esters is 1. The van der Waals surface area contributed by atoms with Crippen LogP contribution < -0.4 is 4.74 Å². The molecule has 0 aliphatic rings. The predicted molar refractivity (Wildman–Crippen MR) is 132 cm³/mol. The number of aromatic nitrogens is 3. The van der Waals surface area contributed by atoms with Gasteiger partial charge in [-0.3, -0.25) is 4.98 Å². The molecule has 1 N–H and O–H groups in total. The number of methoxy groups -OCH3 is 1. The summed E-state index contributed by atoms with van der Waals surface area (Å²) in [7, 11) is 1.35. The lowest BCUT2D eigenvalue weighted by atomic mass is 10.0. The Morgan fingerprint density at radius 2 is 1.76 bits per heavy atom. The van der Waals surface area contributed by atoms with Crippen molar-refractivity contribution >= 4 is 28.6 Å². The van der Waals surface area contributed by atoms with Crippen LogP contribution in [-0.2, 0) is 4.74 Å². The van der Waals surface area contributed by atoms with E-state index in [0.717, 1.165) is 33.5 Å². The van der Waals surface area contributed by atoms with Crippen LogP contribution in [0.3, 0.4) is 0 Å². The van der Waals surface area contributed by atoms with Gasteiger partial charge in [0, 0.05) is 17.3 Å². The van der Waals surface area contributed by atoms with Gasteiger partial charge in [-0.2, -0.15) is 4.98 Å². The third-order valence-corrected chi connectivity index (χ3v) is 5.85. The van der Waals surface area contributed by atoms with Gasteiger partial charge in [0.15, 0.2) is 0 Å². The van der Waals surface area contributed by atoms with Crippen LogP contribution >= 0.6 is 11.6 Å². The molecule has 5 rings (SSSR count). The molecule has 3 aromatic carbocycles. The highest BCUT2D eigenvalue weighted by molar-refractivity contribution is 6.34. The second-order valence-corrected chi connectivity index (χ2v) is 8.16. The van der Waals surface area contributed by atoms with Crippen molar-refractivity contribution in [2.24, 2.45) is 0 Å². The molecule has 5 aromatic rings. The molecule has 0 saturated carbocycles. The average molecular weight is 470 g/mol. The topological polar surface area (TPSA) is 77.1 Å². The van der Waals surface area contributed by atoms with Gasteiger partial charge in [-0.15, -0.1) is 0 Å². The number of aryl methyl sites for hydroxylation is 1. The number of rotatable bonds is 5. The first kappa shape index (κ1) is 21.7. The third kappa shape index (κ3) is 4.23. The molecule has 0 aliphatic carbocycles. The Morgan fingerprint density at radius 3 is 2.50 bits per heavy atom. The highest BCUT2D eigenvalue weighted by atomic mass is 35.5. The Morgan fingerprint density at radius 1 is 0.971 bits per heavy atom. The maximum absolute atomic E-state index is 12.0. The van der Waals surface area contributed by atoms with E-state index in [1.807, 2.05) is 61.5 Å². The smallest absolute Gasteiger partial charge is 0.338 e. The van der Waals surface area contributed by atoms with Gasteiger partial charge >= 0.3 is 5.97 Å². The third-order valence-electron chi connectivity index (χ3n) is 5.53. The van der Waals surface area contributed by atoms with E-state index >= 15 is 0 Å². The first-order valence-corrected chi connectivity index (χ1v) is 11.0. The van der Waals surface area contributed by atoms with E-state index in [0.29, 0.717) is 27.9 Å². The maximum atomic E-state index is 12.0. The van der Waals surface area contributed by atoms with E-state index < -0.39 is 5.97 Å². The van der Waals surface area contributed by atoms with E-state index in [4.69, 9.17) is 21.1 Å². The second-order valence-electron chi connectivity index (χ2n) is 7.75. The van der Waals surface area contributed by atoms with Crippen LogP contribution in [0.5, 0.6) is 11.8 Å². The zero-order valence-corrected chi connectivity index (χ0v) is 19.3. The summed E-state index contributed by atoms with van der Waals surface area (Å²) in [4.78, 5) is 24.0. The van der Waals surface area contributed by atoms with Crippen molar-refractivity contribution in [2.45, 2.75) is 6.92 Å². The van der Waals surface area contributed by atoms with Crippen LogP contribution in [0.4, 0.5) is 0 Å². The van der Waals surface area contributed by atoms with Gasteiger partial charge < -0.3 is 14.5 Å². The molecular weight excluding hydrogens is 450 g/mol. The molecule has 0 unspecified atom stereocenters. The fourth-order valence-electron chi connectivity index (χ4n) is 3.74. The summed E-state index contributed by atoms with van der Waals surface area (Å²) in [6.45, 7) is 1.84. The fraction of sp³-hybridized carbons (Fsp3) is 0.0741. The number of ether oxygens (including phenoxy) is 2. The number of imidazole rings is 1. The van der Waals surface area contributed by atoms with Crippen molar-refractivity contribution in [1.82, 2.24) is 15.0 Å². The lowest BCUT2D eigenvalue weighted by molar-refractivity contribution is 0.0599. The fourth-order valence-corrected chi connectivity index (χ4v) is 4.01. The Labute approximate surface area is 201 Å². The van der Waals surface area contributed by atoms with Crippen LogP contribution in [-0.4, -0.2) is 28.0 Å². The molecule has 0 spiro atoms. The van der Waals surface area contributed by atoms with Crippen LogP contribution in [0.15, 0.2) is 79.0 Å². The summed E-state index contributed by atoms with van der Waals surface area (Å²) in [5.41, 5.74) is 6.47. The number of nitrogens with zero attached hydrogens (tertiary/aromatic N) is 2. The minimum atomic E-state index is -0.418. The largest absolute Gasteiger partial charge is 0.465 e. The van der Waals surface area contributed by atoms with Gasteiger partial charge in [-0.1, -0.05) is 48.0 Å². The van der Waals surface area contributed by atoms with E-state index in [1.54, 1.807) is 24.4 Å². The Bertz CT molecular complexity index is 1500. The number of halogens is 1. The van der Waals surface area contributed by atoms with Gasteiger partial charge in [0.2, 0.25) is 0 Å². The van der Waals surface area contributed by atoms with Crippen LogP contribution in [0.2, 0.25) is 5.02 Å². The van der Waals surface area contributed by atoms with Crippen molar-refractivity contribution < 1.29 is 14.3 Å². The first-order valence-electron chi connectivity index (χ1n) is 10.6. The monoisotopic (exact) mass is 469 g/mol. The normalized spacial score (nSPS) is 10.9. The van der Waals surface area contributed by atoms with Crippen LogP contribution in [0, 0.1) is 6.92 Å². The number of fused-ring (bicyclic) bond motifs is 1. The number of benzene rings is 3. The molecule has 7 heteroatoms. The highest BCUT2D eigenvalue weighted by Gasteiger charge is 2.14. The number of nitrogens with one attached hydrogen (secondary N) is 1. The lowest BCUT2D eigenvalue weighted by Gasteiger charge is -2.07. The molecule has 0 saturated heterocycles. The van der Waals surface area contributed by atoms with Crippen molar-refractivity contribution in [1.29, 1.82) is 0 Å². The standard InChI is InChI=1S/C27H20ClN3O3/c1-16-6-11-19(13-20(16)26(32)33-2)34-27-30-24-14-21(22(28)15-25(24)31-27)17-7-9-18(10-8-17)23-5-3-4-12-29-23/h3-15H,1-2H3,(H,30,31). The van der Waals surface area contributed by atoms with E-state index in [1.165, 1.54) is 7.11 Å². The summed E-state index contributed by atoms with van der Waals surface area (Å²) in [5, 5.41) is 0.594. The van der Waals surface area contributed by atoms with Crippen molar-refractivity contribution in [3.8, 4) is 34.1 Å². The van der Waals surface area contributed by atoms with Crippen molar-refractivity contribution in [2.75, 3.05) is 7.11 Å². The second kappa shape index (κ2) is 9.00. The van der Waals surface area contributed by atoms with Crippen LogP contribution in [0.1, 0.15) is 15.9 Å². The number of hydrogen-bond donors (Lipinski definition) is 1. The SMILES string of the molecule is COC(=O)c1cc(Oc2nc3cc(-c4ccc(-c5ccccn5)cc4)c(Cl)cc3[nH]2)ccc1C. The van der Waals surface area contributed by atoms with Crippen molar-refractivity contribution in [3.05, 3.63) is 95.1 Å². The number of carbonyl (C=O) groups is 1. The summed E-state index contributed by atoms with van der Waals surface area (Å²) in [6, 6.07) is 23.2. The molecule has 0 radical (unpaired) electrons. The number of pyridine rings is 1. The van der Waals surface area contributed by atoms with Gasteiger partial charge in [0.1, 0.15) is 5.75 Å². The van der Waals surface area contributed by atoms with E-state index in [-0.39, 0.29) is 0 Å². The maximum Gasteiger partial charge on any atom is 0.338 e. The Hall–Kier alpha value is -4.16. The molecule has 0 atom stereocenters. The predicted octanol–water partition coefficient (Wildman–Crippen LogP) is 6.83. The molecule has 34 heavy (non-hydrogen) atoms. The summed E-state index contributed by atoms with van der Waals surface area (Å²) in [6.07, 6.45) is 1.78. The average Bonchev–Trinajstić information content (AvgIpc) is 3.25. The summed E-state index contributed by atoms with van der Waals surface area (Å²) in [5.74, 6) is 0.0551. The summed E-state index contributed by atoms with van der Waals surface area (Å²) < 4.78 is 10.7. The zero-order chi connectivity index (χ0) is 23.7. The number of carbonyl (C=O) groups excluding carboxylic acids is 1. The first-order chi connectivity index (χ1) is 16.5. The minimum absolute atomic E-state index is 0.299. The minimum Gasteiger partial charge on any atom is -0.465 e. The molecule has 2 heterocycles. The van der Waals surface area contributed by atoms with Crippen LogP contribution in [0.25, 0.3) is 33.4 Å². The van der Waals surface area contributed by atoms with Gasteiger partial charge in [0.25, 0.3) is 6.01 Å². The molecule has 0 aliphatic heterocycles. The lowest BCUT2D eigenvalue weighted by Crippen LogP contribution is -2.04. The van der Waals surface area contributed by atoms with Crippen molar-refractivity contribution in [3.63, 3.8) is 0 Å². The van der Waals surface area contributed by atoms with E-state index in [9.17, 15) is 4.79 Å². The number of H-pyrrole nitrogens is 1.